The minimum atomic E-state index is -0.239. The fourth-order valence-electron chi connectivity index (χ4n) is 3.28. The van der Waals surface area contributed by atoms with Crippen LogP contribution in [0.15, 0.2) is 58.2 Å². The predicted molar refractivity (Wildman–Crippen MR) is 139 cm³/mol. The zero-order valence-electron chi connectivity index (χ0n) is 21.6. The largest absolute Gasteiger partial charge is 0.463 e. The van der Waals surface area contributed by atoms with Gasteiger partial charge in [-0.05, 0) is 99.3 Å². The van der Waals surface area contributed by atoms with E-state index in [-0.39, 0.29) is 19.2 Å². The van der Waals surface area contributed by atoms with E-state index >= 15 is 0 Å². The topological polar surface area (TPSA) is 46.5 Å². The van der Waals surface area contributed by atoms with Gasteiger partial charge in [0.05, 0.1) is 6.61 Å². The Bertz CT molecular complexity index is 671. The van der Waals surface area contributed by atoms with Crippen LogP contribution in [-0.2, 0) is 9.53 Å². The van der Waals surface area contributed by atoms with E-state index in [2.05, 4.69) is 71.9 Å². The molecule has 0 bridgehead atoms. The summed E-state index contributed by atoms with van der Waals surface area (Å²) < 4.78 is 4.87. The Morgan fingerprint density at radius 1 is 0.594 bits per heavy atom. The number of rotatable bonds is 17. The Kier molecular flexibility index (Phi) is 18.6. The Balaban J connectivity index is 4.05. The van der Waals surface area contributed by atoms with Gasteiger partial charge in [-0.3, -0.25) is 4.79 Å². The number of allylic oxidation sites excluding steroid dienone is 10. The van der Waals surface area contributed by atoms with E-state index in [4.69, 9.17) is 9.84 Å². The van der Waals surface area contributed by atoms with Gasteiger partial charge in [0.2, 0.25) is 0 Å². The van der Waals surface area contributed by atoms with Gasteiger partial charge in [0.1, 0.15) is 6.61 Å². The van der Waals surface area contributed by atoms with Crippen molar-refractivity contribution < 1.29 is 14.6 Å². The van der Waals surface area contributed by atoms with E-state index in [1.807, 2.05) is 0 Å². The summed E-state index contributed by atoms with van der Waals surface area (Å²) >= 11 is 0. The second-order valence-corrected chi connectivity index (χ2v) is 9.12. The zero-order chi connectivity index (χ0) is 24.2. The summed E-state index contributed by atoms with van der Waals surface area (Å²) in [5, 5.41) is 8.65. The second kappa shape index (κ2) is 19.8. The summed E-state index contributed by atoms with van der Waals surface area (Å²) in [5.74, 6) is -0.239. The monoisotopic (exact) mass is 444 g/mol. The summed E-state index contributed by atoms with van der Waals surface area (Å²) in [4.78, 5) is 11.5. The Hall–Kier alpha value is -1.87. The smallest absolute Gasteiger partial charge is 0.306 e. The fraction of sp³-hybridized carbons (Fsp3) is 0.621. The van der Waals surface area contributed by atoms with Gasteiger partial charge in [-0.2, -0.15) is 0 Å². The molecule has 0 radical (unpaired) electrons. The highest BCUT2D eigenvalue weighted by Crippen LogP contribution is 2.14. The van der Waals surface area contributed by atoms with E-state index in [0.717, 1.165) is 51.4 Å². The van der Waals surface area contributed by atoms with Crippen molar-refractivity contribution in [1.29, 1.82) is 0 Å². The molecule has 0 atom stereocenters. The van der Waals surface area contributed by atoms with Crippen molar-refractivity contribution in [2.75, 3.05) is 13.2 Å². The van der Waals surface area contributed by atoms with Crippen molar-refractivity contribution in [3.05, 3.63) is 58.2 Å². The van der Waals surface area contributed by atoms with Crippen LogP contribution in [0.1, 0.15) is 106 Å². The molecule has 182 valence electrons. The van der Waals surface area contributed by atoms with Gasteiger partial charge < -0.3 is 9.84 Å². The van der Waals surface area contributed by atoms with Gasteiger partial charge >= 0.3 is 5.97 Å². The molecule has 0 spiro atoms. The molecule has 0 saturated carbocycles. The number of hydrogen-bond donors (Lipinski definition) is 1. The maximum atomic E-state index is 11.5. The SMILES string of the molecule is CC(C)=CCC/C(C)=C/CC/C(C)=C/CC/C=C(\C)CC/C=C(\C)CCC(=O)OCCO. The molecule has 0 saturated heterocycles. The highest BCUT2D eigenvalue weighted by atomic mass is 16.5. The summed E-state index contributed by atoms with van der Waals surface area (Å²) in [6, 6.07) is 0. The lowest BCUT2D eigenvalue weighted by atomic mass is 10.0. The van der Waals surface area contributed by atoms with Crippen molar-refractivity contribution in [2.24, 2.45) is 0 Å². The third-order valence-electron chi connectivity index (χ3n) is 5.38. The van der Waals surface area contributed by atoms with Crippen LogP contribution >= 0.6 is 0 Å². The number of carbonyl (C=O) groups excluding carboxylic acids is 1. The van der Waals surface area contributed by atoms with E-state index < -0.39 is 0 Å². The maximum Gasteiger partial charge on any atom is 0.306 e. The molecule has 1 N–H and O–H groups in total. The molecule has 0 aliphatic heterocycles. The minimum Gasteiger partial charge on any atom is -0.463 e. The minimum absolute atomic E-state index is 0.0912. The molecule has 3 nitrogen and oxygen atoms in total. The Morgan fingerprint density at radius 3 is 1.44 bits per heavy atom. The molecule has 0 aliphatic carbocycles. The Labute approximate surface area is 198 Å². The molecule has 3 heteroatoms. The maximum absolute atomic E-state index is 11.5. The predicted octanol–water partition coefficient (Wildman–Crippen LogP) is 8.17. The molecule has 0 aliphatic rings. The van der Waals surface area contributed by atoms with Gasteiger partial charge in [0.25, 0.3) is 0 Å². The molecule has 0 aromatic carbocycles. The van der Waals surface area contributed by atoms with Crippen LogP contribution in [0.25, 0.3) is 0 Å². The third kappa shape index (κ3) is 20.1. The molecule has 0 rings (SSSR count). The first-order chi connectivity index (χ1) is 15.2. The highest BCUT2D eigenvalue weighted by molar-refractivity contribution is 5.69. The molecule has 0 fully saturated rings. The van der Waals surface area contributed by atoms with Crippen LogP contribution in [0.3, 0.4) is 0 Å². The Morgan fingerprint density at radius 2 is 1.00 bits per heavy atom. The summed E-state index contributed by atoms with van der Waals surface area (Å²) in [6.07, 6.45) is 21.7. The molecule has 0 aromatic rings. The molecule has 0 heterocycles. The molecular weight excluding hydrogens is 396 g/mol. The van der Waals surface area contributed by atoms with Crippen LogP contribution < -0.4 is 0 Å². The molecule has 0 unspecified atom stereocenters. The number of carbonyl (C=O) groups is 1. The molecule has 0 aromatic heterocycles. The normalized spacial score (nSPS) is 13.3. The quantitative estimate of drug-likeness (QED) is 0.140. The first-order valence-corrected chi connectivity index (χ1v) is 12.3. The number of hydrogen-bond acceptors (Lipinski definition) is 3. The van der Waals surface area contributed by atoms with E-state index in [1.54, 1.807) is 0 Å². The van der Waals surface area contributed by atoms with Crippen LogP contribution in [0.5, 0.6) is 0 Å². The lowest BCUT2D eigenvalue weighted by molar-refractivity contribution is -0.144. The number of unbranched alkanes of at least 4 members (excludes halogenated alkanes) is 1. The van der Waals surface area contributed by atoms with Gasteiger partial charge in [-0.15, -0.1) is 0 Å². The standard InChI is InChI=1S/C29H48O3/c1-24(2)12-9-15-27(5)18-10-16-25(3)13-7-8-14-26(4)17-11-19-28(6)20-21-29(31)32-23-22-30/h12-14,18-19,30H,7-11,15-17,20-23H2,1-6H3/b25-13+,26-14+,27-18+,28-19+. The van der Waals surface area contributed by atoms with E-state index in [0.29, 0.717) is 6.42 Å². The van der Waals surface area contributed by atoms with Crippen molar-refractivity contribution in [1.82, 2.24) is 0 Å². The van der Waals surface area contributed by atoms with Gasteiger partial charge in [-0.1, -0.05) is 58.2 Å². The molecule has 0 amide bonds. The number of aliphatic hydroxyl groups excluding tert-OH is 1. The van der Waals surface area contributed by atoms with Crippen LogP contribution in [0, 0.1) is 0 Å². The highest BCUT2D eigenvalue weighted by Gasteiger charge is 2.02. The third-order valence-corrected chi connectivity index (χ3v) is 5.38. The average Bonchev–Trinajstić information content (AvgIpc) is 2.73. The summed E-state index contributed by atoms with van der Waals surface area (Å²) in [6.45, 7) is 13.1. The lowest BCUT2D eigenvalue weighted by Crippen LogP contribution is -2.08. The van der Waals surface area contributed by atoms with Crippen molar-refractivity contribution >= 4 is 5.97 Å². The van der Waals surface area contributed by atoms with Gasteiger partial charge in [0, 0.05) is 6.42 Å². The summed E-state index contributed by atoms with van der Waals surface area (Å²) in [5.41, 5.74) is 7.04. The van der Waals surface area contributed by atoms with Crippen LogP contribution in [0.2, 0.25) is 0 Å². The van der Waals surface area contributed by atoms with Crippen molar-refractivity contribution in [3.63, 3.8) is 0 Å². The number of esters is 1. The lowest BCUT2D eigenvalue weighted by Gasteiger charge is -2.04. The number of aliphatic hydroxyl groups is 1. The van der Waals surface area contributed by atoms with Gasteiger partial charge in [-0.25, -0.2) is 0 Å². The summed E-state index contributed by atoms with van der Waals surface area (Å²) in [7, 11) is 0. The van der Waals surface area contributed by atoms with Crippen molar-refractivity contribution in [2.45, 2.75) is 106 Å². The molecular formula is C29H48O3. The molecule has 32 heavy (non-hydrogen) atoms. The van der Waals surface area contributed by atoms with E-state index in [9.17, 15) is 4.79 Å². The van der Waals surface area contributed by atoms with E-state index in [1.165, 1.54) is 34.3 Å². The second-order valence-electron chi connectivity index (χ2n) is 9.12. The van der Waals surface area contributed by atoms with Gasteiger partial charge in [0.15, 0.2) is 0 Å². The van der Waals surface area contributed by atoms with Crippen molar-refractivity contribution in [3.8, 4) is 0 Å². The fourth-order valence-corrected chi connectivity index (χ4v) is 3.28. The average molecular weight is 445 g/mol. The van der Waals surface area contributed by atoms with Crippen LogP contribution in [0.4, 0.5) is 0 Å². The first-order valence-electron chi connectivity index (χ1n) is 12.3. The van der Waals surface area contributed by atoms with Crippen LogP contribution in [-0.4, -0.2) is 24.3 Å². The number of ether oxygens (including phenoxy) is 1. The first kappa shape index (κ1) is 30.1. The zero-order valence-corrected chi connectivity index (χ0v) is 21.6.